The smallest absolute Gasteiger partial charge is 0.117 e. The molecule has 0 saturated heterocycles. The molecule has 3 nitrogen and oxygen atoms in total. The minimum atomic E-state index is 0.779. The molecule has 0 atom stereocenters. The molecule has 0 aromatic carbocycles. The average Bonchev–Trinajstić information content (AvgIpc) is 2.84. The maximum Gasteiger partial charge on any atom is 0.117 e. The van der Waals surface area contributed by atoms with E-state index in [2.05, 4.69) is 16.6 Å². The number of pyridine rings is 1. The van der Waals surface area contributed by atoms with Crippen molar-refractivity contribution in [3.63, 3.8) is 0 Å². The molecule has 2 aromatic rings. The Morgan fingerprint density at radius 1 is 1.22 bits per heavy atom. The Kier molecular flexibility index (Phi) is 5.30. The van der Waals surface area contributed by atoms with Gasteiger partial charge in [-0.25, -0.2) is 0 Å². The van der Waals surface area contributed by atoms with Crippen LogP contribution in [0.4, 0.5) is 0 Å². The fourth-order valence-corrected chi connectivity index (χ4v) is 2.15. The van der Waals surface area contributed by atoms with Gasteiger partial charge in [-0.2, -0.15) is 11.8 Å². The Morgan fingerprint density at radius 2 is 2.11 bits per heavy atom. The zero-order valence-electron chi connectivity index (χ0n) is 10.6. The highest BCUT2D eigenvalue weighted by Gasteiger charge is 2.01. The molecule has 0 unspecified atom stereocenters. The number of hydrogen-bond donors (Lipinski definition) is 1. The Labute approximate surface area is 112 Å². The van der Waals surface area contributed by atoms with E-state index in [9.17, 15) is 0 Å². The summed E-state index contributed by atoms with van der Waals surface area (Å²) in [6.45, 7) is 1.69. The molecule has 18 heavy (non-hydrogen) atoms. The summed E-state index contributed by atoms with van der Waals surface area (Å²) in [5.41, 5.74) is 1.12. The van der Waals surface area contributed by atoms with Gasteiger partial charge in [0.05, 0.1) is 12.3 Å². The van der Waals surface area contributed by atoms with Crippen LogP contribution in [-0.2, 0) is 18.7 Å². The van der Waals surface area contributed by atoms with Gasteiger partial charge in [0.25, 0.3) is 0 Å². The van der Waals surface area contributed by atoms with E-state index in [1.165, 1.54) is 0 Å². The molecule has 2 rings (SSSR count). The third kappa shape index (κ3) is 4.20. The molecular weight excluding hydrogens is 244 g/mol. The van der Waals surface area contributed by atoms with Crippen LogP contribution in [0.1, 0.15) is 17.2 Å². The van der Waals surface area contributed by atoms with Crippen molar-refractivity contribution in [1.29, 1.82) is 0 Å². The van der Waals surface area contributed by atoms with Gasteiger partial charge < -0.3 is 9.73 Å². The fraction of sp³-hybridized carbons (Fsp3) is 0.357. The third-order valence-corrected chi connectivity index (χ3v) is 3.16. The Balaban J connectivity index is 1.68. The number of rotatable bonds is 7. The first-order chi connectivity index (χ1) is 8.88. The summed E-state index contributed by atoms with van der Waals surface area (Å²) in [5.74, 6) is 2.98. The van der Waals surface area contributed by atoms with E-state index in [1.807, 2.05) is 36.5 Å². The minimum Gasteiger partial charge on any atom is -0.464 e. The normalized spacial score (nSPS) is 10.7. The first kappa shape index (κ1) is 13.2. The fourth-order valence-electron chi connectivity index (χ4n) is 1.71. The Bertz CT molecular complexity index is 456. The van der Waals surface area contributed by atoms with Gasteiger partial charge >= 0.3 is 0 Å². The summed E-state index contributed by atoms with van der Waals surface area (Å²) < 4.78 is 5.68. The molecule has 0 radical (unpaired) electrons. The van der Waals surface area contributed by atoms with Crippen molar-refractivity contribution in [2.45, 2.75) is 18.7 Å². The lowest BCUT2D eigenvalue weighted by Crippen LogP contribution is -2.16. The summed E-state index contributed by atoms with van der Waals surface area (Å²) in [6, 6.07) is 10.1. The van der Waals surface area contributed by atoms with Crippen molar-refractivity contribution in [3.8, 4) is 0 Å². The van der Waals surface area contributed by atoms with Gasteiger partial charge in [-0.1, -0.05) is 6.07 Å². The van der Waals surface area contributed by atoms with Crippen molar-refractivity contribution in [1.82, 2.24) is 10.3 Å². The SMILES string of the molecule is CSCc1ccc(CNCCc2ccccn2)o1. The molecule has 0 spiro atoms. The van der Waals surface area contributed by atoms with Gasteiger partial charge in [-0.3, -0.25) is 4.98 Å². The number of aromatic nitrogens is 1. The molecule has 0 bridgehead atoms. The maximum absolute atomic E-state index is 5.68. The molecule has 0 aliphatic rings. The molecule has 4 heteroatoms. The van der Waals surface area contributed by atoms with Crippen LogP contribution in [0.5, 0.6) is 0 Å². The predicted molar refractivity (Wildman–Crippen MR) is 75.6 cm³/mol. The molecule has 0 aliphatic heterocycles. The van der Waals surface area contributed by atoms with E-state index in [4.69, 9.17) is 4.42 Å². The second-order valence-electron chi connectivity index (χ2n) is 4.05. The number of nitrogens with one attached hydrogen (secondary N) is 1. The quantitative estimate of drug-likeness (QED) is 0.779. The molecule has 1 N–H and O–H groups in total. The van der Waals surface area contributed by atoms with Crippen LogP contribution in [-0.4, -0.2) is 17.8 Å². The van der Waals surface area contributed by atoms with E-state index in [-0.39, 0.29) is 0 Å². The molecule has 2 heterocycles. The summed E-state index contributed by atoms with van der Waals surface area (Å²) in [4.78, 5) is 4.29. The highest BCUT2D eigenvalue weighted by atomic mass is 32.2. The molecular formula is C14H18N2OS. The van der Waals surface area contributed by atoms with Gasteiger partial charge in [0, 0.05) is 24.9 Å². The highest BCUT2D eigenvalue weighted by molar-refractivity contribution is 7.97. The van der Waals surface area contributed by atoms with E-state index < -0.39 is 0 Å². The topological polar surface area (TPSA) is 38.1 Å². The van der Waals surface area contributed by atoms with Gasteiger partial charge in [-0.15, -0.1) is 0 Å². The lowest BCUT2D eigenvalue weighted by molar-refractivity contribution is 0.460. The molecule has 96 valence electrons. The first-order valence-corrected chi connectivity index (χ1v) is 7.45. The van der Waals surface area contributed by atoms with E-state index in [0.29, 0.717) is 0 Å². The summed E-state index contributed by atoms with van der Waals surface area (Å²) in [5, 5.41) is 3.37. The first-order valence-electron chi connectivity index (χ1n) is 6.05. The lowest BCUT2D eigenvalue weighted by atomic mass is 10.3. The second kappa shape index (κ2) is 7.24. The zero-order valence-corrected chi connectivity index (χ0v) is 11.4. The van der Waals surface area contributed by atoms with Gasteiger partial charge in [-0.05, 0) is 30.5 Å². The third-order valence-electron chi connectivity index (χ3n) is 2.59. The summed E-state index contributed by atoms with van der Waals surface area (Å²) in [6.07, 6.45) is 4.85. The standard InChI is InChI=1S/C14H18N2OS/c1-18-11-14-6-5-13(17-14)10-15-9-7-12-4-2-3-8-16-12/h2-6,8,15H,7,9-11H2,1H3. The van der Waals surface area contributed by atoms with Crippen LogP contribution in [0.2, 0.25) is 0 Å². The van der Waals surface area contributed by atoms with Gasteiger partial charge in [0.15, 0.2) is 0 Å². The van der Waals surface area contributed by atoms with Crippen molar-refractivity contribution < 1.29 is 4.42 Å². The Hall–Kier alpha value is -1.26. The predicted octanol–water partition coefficient (Wildman–Crippen LogP) is 2.87. The number of furan rings is 1. The van der Waals surface area contributed by atoms with Crippen LogP contribution < -0.4 is 5.32 Å². The van der Waals surface area contributed by atoms with Gasteiger partial charge in [0.1, 0.15) is 11.5 Å². The van der Waals surface area contributed by atoms with Crippen LogP contribution >= 0.6 is 11.8 Å². The van der Waals surface area contributed by atoms with E-state index >= 15 is 0 Å². The molecule has 0 saturated carbocycles. The summed E-state index contributed by atoms with van der Waals surface area (Å²) >= 11 is 1.77. The van der Waals surface area contributed by atoms with E-state index in [0.717, 1.165) is 42.5 Å². The number of thioether (sulfide) groups is 1. The monoisotopic (exact) mass is 262 g/mol. The van der Waals surface area contributed by atoms with Crippen LogP contribution in [0.25, 0.3) is 0 Å². The van der Waals surface area contributed by atoms with Crippen molar-refractivity contribution in [2.75, 3.05) is 12.8 Å². The minimum absolute atomic E-state index is 0.779. The van der Waals surface area contributed by atoms with Crippen LogP contribution in [0.15, 0.2) is 40.9 Å². The molecule has 2 aromatic heterocycles. The largest absolute Gasteiger partial charge is 0.464 e. The zero-order chi connectivity index (χ0) is 12.6. The van der Waals surface area contributed by atoms with Crippen molar-refractivity contribution >= 4 is 11.8 Å². The number of hydrogen-bond acceptors (Lipinski definition) is 4. The second-order valence-corrected chi connectivity index (χ2v) is 4.91. The lowest BCUT2D eigenvalue weighted by Gasteiger charge is -2.02. The Morgan fingerprint density at radius 3 is 2.89 bits per heavy atom. The van der Waals surface area contributed by atoms with Crippen LogP contribution in [0.3, 0.4) is 0 Å². The van der Waals surface area contributed by atoms with Gasteiger partial charge in [0.2, 0.25) is 0 Å². The number of nitrogens with zero attached hydrogens (tertiary/aromatic N) is 1. The molecule has 0 aliphatic carbocycles. The average molecular weight is 262 g/mol. The maximum atomic E-state index is 5.68. The molecule has 0 amide bonds. The van der Waals surface area contributed by atoms with E-state index in [1.54, 1.807) is 11.8 Å². The summed E-state index contributed by atoms with van der Waals surface area (Å²) in [7, 11) is 0. The van der Waals surface area contributed by atoms with Crippen LogP contribution in [0, 0.1) is 0 Å². The van der Waals surface area contributed by atoms with Crippen molar-refractivity contribution in [3.05, 3.63) is 53.7 Å². The van der Waals surface area contributed by atoms with Crippen molar-refractivity contribution in [2.24, 2.45) is 0 Å². The molecule has 0 fully saturated rings. The highest BCUT2D eigenvalue weighted by Crippen LogP contribution is 2.13.